The number of carbonyl (C=O) groups excluding carboxylic acids is 5. The second kappa shape index (κ2) is 25.4. The number of imidazole rings is 1. The fourth-order valence-corrected chi connectivity index (χ4v) is 8.53. The molecule has 19 nitrogen and oxygen atoms in total. The first kappa shape index (κ1) is 50.8. The molecule has 5 N–H and O–H groups in total. The molecule has 0 fully saturated rings. The summed E-state index contributed by atoms with van der Waals surface area (Å²) in [7, 11) is -0.840. The average Bonchev–Trinajstić information content (AvgIpc) is 3.77. The maximum absolute atomic E-state index is 14.3. The largest absolute Gasteiger partial charge is 0.603 e. The number of amides is 4. The van der Waals surface area contributed by atoms with Crippen molar-refractivity contribution in [2.45, 2.75) is 95.5 Å². The molecule has 6 atom stereocenters. The van der Waals surface area contributed by atoms with E-state index in [1.807, 2.05) is 13.0 Å². The number of hydrogen-bond acceptors (Lipinski definition) is 15. The third-order valence-corrected chi connectivity index (χ3v) is 12.1. The Kier molecular flexibility index (Phi) is 20.2. The molecule has 4 aromatic rings. The topological polar surface area (TPSA) is 269 Å². The first-order valence-corrected chi connectivity index (χ1v) is 23.6. The summed E-state index contributed by atoms with van der Waals surface area (Å²) in [6, 6.07) is 16.4. The molecule has 0 saturated heterocycles. The summed E-state index contributed by atoms with van der Waals surface area (Å²) in [5, 5.41) is 22.4. The van der Waals surface area contributed by atoms with Crippen molar-refractivity contribution in [3.63, 3.8) is 0 Å². The van der Waals surface area contributed by atoms with Crippen LogP contribution in [0.3, 0.4) is 0 Å². The highest BCUT2D eigenvalue weighted by atomic mass is 33.1. The number of rotatable bonds is 23. The number of benzene rings is 2. The number of esters is 1. The van der Waals surface area contributed by atoms with Crippen LogP contribution in [-0.4, -0.2) is 91.2 Å². The van der Waals surface area contributed by atoms with Gasteiger partial charge in [0, 0.05) is 48.7 Å². The molecule has 0 saturated carbocycles. The number of nitro groups is 1. The Balaban J connectivity index is 1.56. The van der Waals surface area contributed by atoms with E-state index in [1.165, 1.54) is 30.9 Å². The number of aromatic nitrogens is 3. The Labute approximate surface area is 379 Å². The molecule has 3 unspecified atom stereocenters. The number of hydrogen-bond donors (Lipinski definition) is 5. The highest BCUT2D eigenvalue weighted by Gasteiger charge is 2.34. The van der Waals surface area contributed by atoms with Crippen LogP contribution in [0.15, 0.2) is 96.5 Å². The molecule has 0 aliphatic carbocycles. The fourth-order valence-electron chi connectivity index (χ4n) is 5.53. The standard InChI is InChI=1S/C42H51N8O11PS2/c1-6-27(2)39(61-62(58)24-35(51)59-23-29-16-11-8-12-17-29)49-37(53)32(21-30-22-43-26-45-30)47-36(52)31(20-28-14-9-7-10-15-28)46-38(54)33(48-41(55)60-42(3,4)5)25-63-64-40-34(50(56)57)18-13-19-44-40/h7-19,22,24,26-27,31-33,39H,6,20-21,23,25H2,1-5H3,(H,43,45)(H,46,54)(H,47,52)(H,48,55)(H,49,53)/t27?,31-,32-,33-,39?/m0/s1. The molecule has 0 radical (unpaired) electrons. The minimum absolute atomic E-state index is 0.0483. The van der Waals surface area contributed by atoms with Crippen molar-refractivity contribution in [3.05, 3.63) is 118 Å². The molecule has 4 rings (SSSR count). The van der Waals surface area contributed by atoms with Crippen molar-refractivity contribution < 1.29 is 47.8 Å². The van der Waals surface area contributed by atoms with E-state index in [0.29, 0.717) is 17.7 Å². The van der Waals surface area contributed by atoms with Crippen molar-refractivity contribution in [2.75, 3.05) is 5.75 Å². The van der Waals surface area contributed by atoms with Crippen molar-refractivity contribution in [1.29, 1.82) is 0 Å². The van der Waals surface area contributed by atoms with Gasteiger partial charge in [-0.05, 0) is 55.2 Å². The Bertz CT molecular complexity index is 2200. The highest BCUT2D eigenvalue weighted by molar-refractivity contribution is 8.76. The van der Waals surface area contributed by atoms with E-state index >= 15 is 0 Å². The van der Waals surface area contributed by atoms with Crippen LogP contribution in [0.25, 0.3) is 0 Å². The van der Waals surface area contributed by atoms with Crippen molar-refractivity contribution in [1.82, 2.24) is 36.2 Å². The Hall–Kier alpha value is -5.86. The Morgan fingerprint density at radius 1 is 0.875 bits per heavy atom. The first-order chi connectivity index (χ1) is 30.5. The molecule has 0 aliphatic rings. The quantitative estimate of drug-likeness (QED) is 0.0171. The fraction of sp³-hybridized carbons (Fsp3) is 0.381. The number of nitrogens with zero attached hydrogens (tertiary/aromatic N) is 3. The van der Waals surface area contributed by atoms with Crippen LogP contribution in [0.4, 0.5) is 10.5 Å². The average molecular weight is 939 g/mol. The zero-order valence-corrected chi connectivity index (χ0v) is 38.3. The van der Waals surface area contributed by atoms with Crippen molar-refractivity contribution in [2.24, 2.45) is 5.92 Å². The van der Waals surface area contributed by atoms with E-state index in [-0.39, 0.29) is 35.9 Å². The number of aromatic amines is 1. The molecule has 2 aromatic heterocycles. The smallest absolute Gasteiger partial charge is 0.408 e. The van der Waals surface area contributed by atoms with Gasteiger partial charge in [0.15, 0.2) is 11.3 Å². The number of nitrogens with one attached hydrogen (secondary N) is 5. The van der Waals surface area contributed by atoms with Gasteiger partial charge >= 0.3 is 17.7 Å². The van der Waals surface area contributed by atoms with E-state index in [4.69, 9.17) is 14.0 Å². The minimum Gasteiger partial charge on any atom is -0.603 e. The molecule has 4 amide bonds. The van der Waals surface area contributed by atoms with E-state index in [9.17, 15) is 39.0 Å². The predicted molar refractivity (Wildman–Crippen MR) is 240 cm³/mol. The maximum Gasteiger partial charge on any atom is 0.408 e. The lowest BCUT2D eigenvalue weighted by molar-refractivity contribution is -0.388. The first-order valence-electron chi connectivity index (χ1n) is 20.0. The zero-order valence-electron chi connectivity index (χ0n) is 35.8. The second-order valence-electron chi connectivity index (χ2n) is 15.2. The third-order valence-electron chi connectivity index (χ3n) is 8.95. The van der Waals surface area contributed by atoms with Gasteiger partial charge in [-0.2, -0.15) is 4.52 Å². The van der Waals surface area contributed by atoms with Gasteiger partial charge in [-0.3, -0.25) is 24.5 Å². The molecular formula is C42H51N8O11PS2. The van der Waals surface area contributed by atoms with Crippen LogP contribution in [-0.2, 0) is 52.6 Å². The monoisotopic (exact) mass is 938 g/mol. The van der Waals surface area contributed by atoms with Crippen LogP contribution in [0.1, 0.15) is 57.9 Å². The van der Waals surface area contributed by atoms with Gasteiger partial charge < -0.3 is 40.6 Å². The molecule has 2 aromatic carbocycles. The lowest BCUT2D eigenvalue weighted by atomic mass is 10.0. The number of alkyl carbamates (subject to hydrolysis) is 1. The SMILES string of the molecule is CCC(C)C(NC(=O)[C@H](Cc1cnc[nH]1)NC(=O)[C@H](Cc1ccccc1)NC(=O)[C@H](CSSc1ncccc1[N+](=O)[O-])NC(=O)OC(C)(C)C)O[P+]([O-])=CC(=O)OCc1ccccc1. The number of carbonyl (C=O) groups is 5. The predicted octanol–water partition coefficient (Wildman–Crippen LogP) is 4.52. The number of pyridine rings is 1. The van der Waals surface area contributed by atoms with E-state index in [2.05, 4.69) is 36.2 Å². The van der Waals surface area contributed by atoms with Crippen LogP contribution < -0.4 is 26.2 Å². The van der Waals surface area contributed by atoms with E-state index in [0.717, 1.165) is 32.9 Å². The minimum atomic E-state index is -2.77. The van der Waals surface area contributed by atoms with Crippen molar-refractivity contribution >= 4 is 70.9 Å². The summed E-state index contributed by atoms with van der Waals surface area (Å²) in [4.78, 5) is 103. The Morgan fingerprint density at radius 3 is 2.11 bits per heavy atom. The van der Waals surface area contributed by atoms with Gasteiger partial charge in [-0.15, -0.1) is 0 Å². The molecule has 342 valence electrons. The third kappa shape index (κ3) is 17.7. The van der Waals surface area contributed by atoms with E-state index in [1.54, 1.807) is 82.3 Å². The van der Waals surface area contributed by atoms with Gasteiger partial charge in [-0.25, -0.2) is 19.6 Å². The number of H-pyrrole nitrogens is 1. The lowest BCUT2D eigenvalue weighted by Gasteiger charge is -2.27. The summed E-state index contributed by atoms with van der Waals surface area (Å²) < 4.78 is 16.3. The summed E-state index contributed by atoms with van der Waals surface area (Å²) in [6.07, 6.45) is 2.46. The molecule has 0 aliphatic heterocycles. The normalized spacial score (nSPS) is 13.9. The maximum atomic E-state index is 14.3. The molecule has 22 heteroatoms. The molecule has 0 bridgehead atoms. The summed E-state index contributed by atoms with van der Waals surface area (Å²) in [6.45, 7) is 8.44. The lowest BCUT2D eigenvalue weighted by Crippen LogP contribution is -2.59. The molecule has 2 heterocycles. The van der Waals surface area contributed by atoms with Gasteiger partial charge in [0.2, 0.25) is 31.5 Å². The van der Waals surface area contributed by atoms with Gasteiger partial charge in [-0.1, -0.05) is 85.3 Å². The molecule has 64 heavy (non-hydrogen) atoms. The number of ether oxygens (including phenoxy) is 2. The van der Waals surface area contributed by atoms with Crippen molar-refractivity contribution in [3.8, 4) is 0 Å². The van der Waals surface area contributed by atoms with Crippen LogP contribution >= 0.6 is 29.6 Å². The van der Waals surface area contributed by atoms with Gasteiger partial charge in [0.05, 0.1) is 11.3 Å². The van der Waals surface area contributed by atoms with Gasteiger partial charge in [0.1, 0.15) is 30.3 Å². The Morgan fingerprint density at radius 2 is 1.50 bits per heavy atom. The summed E-state index contributed by atoms with van der Waals surface area (Å²) in [5.41, 5.74) is 0.665. The van der Waals surface area contributed by atoms with E-state index < -0.39 is 78.6 Å². The van der Waals surface area contributed by atoms with Crippen LogP contribution in [0.5, 0.6) is 0 Å². The van der Waals surface area contributed by atoms with Crippen LogP contribution in [0.2, 0.25) is 0 Å². The van der Waals surface area contributed by atoms with Gasteiger partial charge in [0.25, 0.3) is 0 Å². The van der Waals surface area contributed by atoms with Crippen LogP contribution in [0, 0.1) is 16.0 Å². The zero-order chi connectivity index (χ0) is 46.6. The highest BCUT2D eigenvalue weighted by Crippen LogP contribution is 2.35. The second-order valence-corrected chi connectivity index (χ2v) is 18.5. The molecule has 0 spiro atoms. The summed E-state index contributed by atoms with van der Waals surface area (Å²) >= 11 is 0. The summed E-state index contributed by atoms with van der Waals surface area (Å²) in [5.74, 6) is -2.98. The molecular weight excluding hydrogens is 888 g/mol.